The van der Waals surface area contributed by atoms with E-state index in [4.69, 9.17) is 5.73 Å². The lowest BCUT2D eigenvalue weighted by Gasteiger charge is -2.24. The number of hydrogen-bond donors (Lipinski definition) is 2. The second-order valence-corrected chi connectivity index (χ2v) is 7.58. The zero-order valence-corrected chi connectivity index (χ0v) is 17.4. The number of nitrogens with zero attached hydrogens (tertiary/aromatic N) is 1. The van der Waals surface area contributed by atoms with E-state index in [1.165, 1.54) is 18.2 Å². The van der Waals surface area contributed by atoms with Gasteiger partial charge in [0.25, 0.3) is 5.91 Å². The first-order valence-electron chi connectivity index (χ1n) is 9.87. The molecule has 3 aromatic carbocycles. The number of amides is 3. The molecular weight excluding hydrogens is 483 g/mol. The van der Waals surface area contributed by atoms with E-state index in [1.54, 1.807) is 0 Å². The number of alkyl halides is 6. The van der Waals surface area contributed by atoms with Crippen molar-refractivity contribution in [2.24, 2.45) is 5.73 Å². The number of nitrogens with two attached hydrogens (primary N) is 1. The summed E-state index contributed by atoms with van der Waals surface area (Å²) in [6.45, 7) is 0.00655. The summed E-state index contributed by atoms with van der Waals surface area (Å²) < 4.78 is 95.3. The SMILES string of the molecule is NC(=O)N(c1ccc(F)c(C(F)(F)F)c1)c1ccc(-c2cccc3c2CNC3=O)c(C(F)(F)F)c1. The summed E-state index contributed by atoms with van der Waals surface area (Å²) in [7, 11) is 0. The van der Waals surface area contributed by atoms with Gasteiger partial charge in [-0.1, -0.05) is 18.2 Å². The Morgan fingerprint density at radius 1 is 0.829 bits per heavy atom. The van der Waals surface area contributed by atoms with Gasteiger partial charge in [0.2, 0.25) is 0 Å². The maximum Gasteiger partial charge on any atom is 0.419 e. The molecule has 0 aromatic heterocycles. The van der Waals surface area contributed by atoms with Crippen molar-refractivity contribution in [2.45, 2.75) is 18.9 Å². The van der Waals surface area contributed by atoms with Crippen LogP contribution < -0.4 is 16.0 Å². The summed E-state index contributed by atoms with van der Waals surface area (Å²) in [5.74, 6) is -2.07. The van der Waals surface area contributed by atoms with E-state index in [1.807, 2.05) is 0 Å². The predicted octanol–water partition coefficient (Wildman–Crippen LogP) is 5.99. The number of rotatable bonds is 3. The minimum absolute atomic E-state index is 0.00655. The Bertz CT molecular complexity index is 1350. The molecule has 3 amide bonds. The Kier molecular flexibility index (Phi) is 5.70. The van der Waals surface area contributed by atoms with Crippen LogP contribution in [0.25, 0.3) is 11.1 Å². The number of halogens is 7. The van der Waals surface area contributed by atoms with Crippen molar-refractivity contribution in [3.63, 3.8) is 0 Å². The van der Waals surface area contributed by atoms with Gasteiger partial charge in [0.1, 0.15) is 5.82 Å². The Labute approximate surface area is 192 Å². The highest BCUT2D eigenvalue weighted by Crippen LogP contribution is 2.43. The van der Waals surface area contributed by atoms with Crippen LogP contribution in [-0.2, 0) is 18.9 Å². The maximum absolute atomic E-state index is 14.1. The molecule has 0 radical (unpaired) electrons. The monoisotopic (exact) mass is 497 g/mol. The molecule has 1 heterocycles. The van der Waals surface area contributed by atoms with E-state index in [-0.39, 0.29) is 29.3 Å². The molecule has 0 saturated heterocycles. The summed E-state index contributed by atoms with van der Waals surface area (Å²) >= 11 is 0. The van der Waals surface area contributed by atoms with Crippen molar-refractivity contribution < 1.29 is 40.3 Å². The molecular formula is C23H14F7N3O2. The molecule has 4 rings (SSSR count). The zero-order chi connectivity index (χ0) is 25.7. The highest BCUT2D eigenvalue weighted by atomic mass is 19.4. The van der Waals surface area contributed by atoms with Crippen LogP contribution in [0.4, 0.5) is 46.9 Å². The quantitative estimate of drug-likeness (QED) is 0.436. The first-order valence-corrected chi connectivity index (χ1v) is 9.87. The molecule has 182 valence electrons. The van der Waals surface area contributed by atoms with Crippen LogP contribution in [0.15, 0.2) is 54.6 Å². The molecule has 5 nitrogen and oxygen atoms in total. The van der Waals surface area contributed by atoms with E-state index in [9.17, 15) is 40.3 Å². The van der Waals surface area contributed by atoms with Crippen molar-refractivity contribution in [3.05, 3.63) is 82.7 Å². The van der Waals surface area contributed by atoms with E-state index < -0.39 is 52.6 Å². The van der Waals surface area contributed by atoms with Crippen molar-refractivity contribution in [3.8, 4) is 11.1 Å². The minimum atomic E-state index is -5.12. The fraction of sp³-hybridized carbons (Fsp3) is 0.130. The molecule has 0 bridgehead atoms. The molecule has 3 N–H and O–H groups in total. The van der Waals surface area contributed by atoms with Gasteiger partial charge >= 0.3 is 18.4 Å². The first-order chi connectivity index (χ1) is 16.3. The molecule has 0 atom stereocenters. The largest absolute Gasteiger partial charge is 0.419 e. The van der Waals surface area contributed by atoms with Crippen LogP contribution in [0.5, 0.6) is 0 Å². The van der Waals surface area contributed by atoms with Crippen LogP contribution in [0, 0.1) is 5.82 Å². The third-order valence-electron chi connectivity index (χ3n) is 5.44. The normalized spacial score (nSPS) is 13.4. The van der Waals surface area contributed by atoms with Gasteiger partial charge in [-0.05, 0) is 53.1 Å². The molecule has 0 aliphatic carbocycles. The number of urea groups is 1. The second kappa shape index (κ2) is 8.29. The van der Waals surface area contributed by atoms with Gasteiger partial charge in [-0.15, -0.1) is 0 Å². The second-order valence-electron chi connectivity index (χ2n) is 7.58. The topological polar surface area (TPSA) is 75.4 Å². The smallest absolute Gasteiger partial charge is 0.351 e. The lowest BCUT2D eigenvalue weighted by molar-refractivity contribution is -0.140. The van der Waals surface area contributed by atoms with Crippen molar-refractivity contribution >= 4 is 23.3 Å². The number of benzene rings is 3. The van der Waals surface area contributed by atoms with Gasteiger partial charge in [0.15, 0.2) is 0 Å². The summed E-state index contributed by atoms with van der Waals surface area (Å²) in [5.41, 5.74) is 1.64. The number of nitrogens with one attached hydrogen (secondary N) is 1. The maximum atomic E-state index is 14.1. The van der Waals surface area contributed by atoms with Gasteiger partial charge in [0, 0.05) is 12.1 Å². The summed E-state index contributed by atoms with van der Waals surface area (Å²) in [6.07, 6.45) is -10.1. The Balaban J connectivity index is 1.89. The van der Waals surface area contributed by atoms with Gasteiger partial charge in [-0.2, -0.15) is 26.3 Å². The lowest BCUT2D eigenvalue weighted by Crippen LogP contribution is -2.32. The van der Waals surface area contributed by atoms with Gasteiger partial charge in [0.05, 0.1) is 22.5 Å². The summed E-state index contributed by atoms with van der Waals surface area (Å²) in [4.78, 5) is 24.4. The molecule has 3 aromatic rings. The number of carbonyl (C=O) groups excluding carboxylic acids is 2. The van der Waals surface area contributed by atoms with Crippen LogP contribution in [0.1, 0.15) is 27.0 Å². The van der Waals surface area contributed by atoms with Crippen LogP contribution in [-0.4, -0.2) is 11.9 Å². The summed E-state index contributed by atoms with van der Waals surface area (Å²) in [5, 5.41) is 2.53. The molecule has 0 fully saturated rings. The molecule has 12 heteroatoms. The Morgan fingerprint density at radius 2 is 1.40 bits per heavy atom. The molecule has 35 heavy (non-hydrogen) atoms. The minimum Gasteiger partial charge on any atom is -0.351 e. The average molecular weight is 497 g/mol. The molecule has 0 spiro atoms. The number of anilines is 2. The van der Waals surface area contributed by atoms with Crippen LogP contribution in [0.3, 0.4) is 0 Å². The Hall–Kier alpha value is -4.09. The number of carbonyl (C=O) groups is 2. The lowest BCUT2D eigenvalue weighted by atomic mass is 9.92. The molecule has 0 saturated carbocycles. The molecule has 1 aliphatic rings. The number of hydrogen-bond acceptors (Lipinski definition) is 2. The van der Waals surface area contributed by atoms with Crippen LogP contribution >= 0.6 is 0 Å². The Morgan fingerprint density at radius 3 is 2.00 bits per heavy atom. The molecule has 1 aliphatic heterocycles. The molecule has 0 unspecified atom stereocenters. The van der Waals surface area contributed by atoms with E-state index in [2.05, 4.69) is 5.32 Å². The van der Waals surface area contributed by atoms with E-state index in [0.29, 0.717) is 22.6 Å². The van der Waals surface area contributed by atoms with Gasteiger partial charge < -0.3 is 11.1 Å². The van der Waals surface area contributed by atoms with Crippen molar-refractivity contribution in [1.82, 2.24) is 5.32 Å². The van der Waals surface area contributed by atoms with E-state index >= 15 is 0 Å². The van der Waals surface area contributed by atoms with Gasteiger partial charge in [-0.3, -0.25) is 9.69 Å². The van der Waals surface area contributed by atoms with Crippen molar-refractivity contribution in [2.75, 3.05) is 4.90 Å². The standard InChI is InChI=1S/C23H14F7N3O2/c24-19-7-5-12(9-18(19)23(28,29)30)33(21(31)35)11-4-6-14(17(8-11)22(25,26)27)13-2-1-3-15-16(13)10-32-20(15)34/h1-9H,10H2,(H2,31,35)(H,32,34). The predicted molar refractivity (Wildman–Crippen MR) is 111 cm³/mol. The summed E-state index contributed by atoms with van der Waals surface area (Å²) in [6, 6.07) is 7.04. The number of fused-ring (bicyclic) bond motifs is 1. The van der Waals surface area contributed by atoms with Crippen LogP contribution in [0.2, 0.25) is 0 Å². The first kappa shape index (κ1) is 24.0. The highest BCUT2D eigenvalue weighted by molar-refractivity contribution is 6.01. The number of primary amides is 1. The van der Waals surface area contributed by atoms with E-state index in [0.717, 1.165) is 18.2 Å². The third kappa shape index (κ3) is 4.38. The average Bonchev–Trinajstić information content (AvgIpc) is 3.14. The zero-order valence-electron chi connectivity index (χ0n) is 17.4. The van der Waals surface area contributed by atoms with Crippen molar-refractivity contribution in [1.29, 1.82) is 0 Å². The van der Waals surface area contributed by atoms with Gasteiger partial charge in [-0.25, -0.2) is 9.18 Å². The third-order valence-corrected chi connectivity index (χ3v) is 5.44. The highest BCUT2D eigenvalue weighted by Gasteiger charge is 2.37. The fourth-order valence-corrected chi connectivity index (χ4v) is 3.92. The fourth-order valence-electron chi connectivity index (χ4n) is 3.92.